The summed E-state index contributed by atoms with van der Waals surface area (Å²) in [7, 11) is 0. The van der Waals surface area contributed by atoms with E-state index < -0.39 is 17.8 Å². The molecular formula is C29H26ClN3O6. The number of hydrogen-bond donors (Lipinski definition) is 2. The molecule has 0 radical (unpaired) electrons. The molecule has 1 aliphatic rings. The Morgan fingerprint density at radius 2 is 1.59 bits per heavy atom. The van der Waals surface area contributed by atoms with E-state index in [0.29, 0.717) is 35.7 Å². The molecule has 0 fully saturated rings. The molecule has 0 saturated carbocycles. The minimum atomic E-state index is -0.743. The van der Waals surface area contributed by atoms with Gasteiger partial charge >= 0.3 is 5.97 Å². The summed E-state index contributed by atoms with van der Waals surface area (Å²) < 4.78 is 10.5. The van der Waals surface area contributed by atoms with Gasteiger partial charge in [0.05, 0.1) is 24.5 Å². The molecule has 0 spiro atoms. The largest absolute Gasteiger partial charge is 0.494 e. The minimum Gasteiger partial charge on any atom is -0.494 e. The molecule has 0 saturated heterocycles. The van der Waals surface area contributed by atoms with Crippen molar-refractivity contribution in [2.24, 2.45) is 0 Å². The summed E-state index contributed by atoms with van der Waals surface area (Å²) in [5.41, 5.74) is 1.50. The molecule has 0 bridgehead atoms. The predicted molar refractivity (Wildman–Crippen MR) is 148 cm³/mol. The summed E-state index contributed by atoms with van der Waals surface area (Å²) in [6, 6.07) is 19.4. The Labute approximate surface area is 230 Å². The highest BCUT2D eigenvalue weighted by Gasteiger charge is 2.39. The number of rotatable bonds is 10. The molecule has 1 aliphatic heterocycles. The smallest absolute Gasteiger partial charge is 0.338 e. The maximum Gasteiger partial charge on any atom is 0.338 e. The maximum atomic E-state index is 13.2. The third kappa shape index (κ3) is 6.27. The molecule has 3 aromatic carbocycles. The molecule has 39 heavy (non-hydrogen) atoms. The zero-order valence-corrected chi connectivity index (χ0v) is 22.1. The number of halogens is 1. The number of ether oxygens (including phenoxy) is 2. The summed E-state index contributed by atoms with van der Waals surface area (Å²) >= 11 is 6.26. The number of esters is 1. The molecule has 200 valence electrons. The van der Waals surface area contributed by atoms with Crippen LogP contribution in [0.4, 0.5) is 17.1 Å². The molecule has 4 rings (SSSR count). The Kier molecular flexibility index (Phi) is 8.63. The molecule has 0 aliphatic carbocycles. The molecule has 3 amide bonds. The van der Waals surface area contributed by atoms with Crippen molar-refractivity contribution in [1.82, 2.24) is 0 Å². The van der Waals surface area contributed by atoms with Crippen LogP contribution < -0.4 is 20.3 Å². The molecule has 0 atom stereocenters. The average Bonchev–Trinajstić information content (AvgIpc) is 3.16. The summed E-state index contributed by atoms with van der Waals surface area (Å²) in [5.74, 6) is -1.68. The minimum absolute atomic E-state index is 0.148. The summed E-state index contributed by atoms with van der Waals surface area (Å²) in [6.45, 7) is 4.55. The second-order valence-electron chi connectivity index (χ2n) is 8.44. The molecule has 0 aromatic heterocycles. The van der Waals surface area contributed by atoms with Gasteiger partial charge < -0.3 is 20.1 Å². The Morgan fingerprint density at radius 3 is 2.31 bits per heavy atom. The molecule has 1 heterocycles. The zero-order valence-electron chi connectivity index (χ0n) is 21.3. The third-order valence-corrected chi connectivity index (χ3v) is 5.97. The number of hydrogen-bond acceptors (Lipinski definition) is 7. The highest BCUT2D eigenvalue weighted by molar-refractivity contribution is 6.53. The highest BCUT2D eigenvalue weighted by Crippen LogP contribution is 2.31. The fourth-order valence-corrected chi connectivity index (χ4v) is 4.00. The molecule has 2 N–H and O–H groups in total. The second-order valence-corrected chi connectivity index (χ2v) is 8.82. The van der Waals surface area contributed by atoms with Crippen molar-refractivity contribution >= 4 is 52.4 Å². The Balaban J connectivity index is 1.48. The number of benzene rings is 3. The van der Waals surface area contributed by atoms with Gasteiger partial charge in [-0.3, -0.25) is 14.4 Å². The monoisotopic (exact) mass is 547 g/mol. The number of imide groups is 1. The van der Waals surface area contributed by atoms with E-state index in [1.807, 2.05) is 13.8 Å². The van der Waals surface area contributed by atoms with E-state index in [1.165, 1.54) is 24.3 Å². The van der Waals surface area contributed by atoms with Crippen molar-refractivity contribution < 1.29 is 28.7 Å². The standard InChI is InChI=1S/C29H26ClN3O6/c1-3-15-39-29(37)19-8-6-10-22(17-19)33-27(35)24(30)25(28(33)36)31-21-9-5-7-18(16-21)26(34)32-20-11-13-23(14-12-20)38-4-2/h5-14,16-17,31H,3-4,15H2,1-2H3,(H,32,34). The number of carbonyl (C=O) groups is 4. The van der Waals surface area contributed by atoms with Crippen LogP contribution in [0.15, 0.2) is 83.5 Å². The Morgan fingerprint density at radius 1 is 0.872 bits per heavy atom. The van der Waals surface area contributed by atoms with Gasteiger partial charge in [0.25, 0.3) is 17.7 Å². The maximum absolute atomic E-state index is 13.2. The Hall–Kier alpha value is -4.63. The predicted octanol–water partition coefficient (Wildman–Crippen LogP) is 5.34. The van der Waals surface area contributed by atoms with Gasteiger partial charge in [0, 0.05) is 16.9 Å². The average molecular weight is 548 g/mol. The van der Waals surface area contributed by atoms with Crippen LogP contribution in [-0.4, -0.2) is 36.9 Å². The Bertz CT molecular complexity index is 1450. The van der Waals surface area contributed by atoms with Crippen molar-refractivity contribution in [3.8, 4) is 5.75 Å². The first-order chi connectivity index (χ1) is 18.8. The lowest BCUT2D eigenvalue weighted by molar-refractivity contribution is -0.120. The topological polar surface area (TPSA) is 114 Å². The van der Waals surface area contributed by atoms with Crippen molar-refractivity contribution in [2.75, 3.05) is 28.7 Å². The highest BCUT2D eigenvalue weighted by atomic mass is 35.5. The lowest BCUT2D eigenvalue weighted by Crippen LogP contribution is -2.32. The first kappa shape index (κ1) is 27.4. The fraction of sp³-hybridized carbons (Fsp3) is 0.172. The molecule has 0 unspecified atom stereocenters. The van der Waals surface area contributed by atoms with E-state index in [0.717, 1.165) is 4.90 Å². The molecule has 9 nitrogen and oxygen atoms in total. The van der Waals surface area contributed by atoms with E-state index in [4.69, 9.17) is 21.1 Å². The third-order valence-electron chi connectivity index (χ3n) is 5.62. The lowest BCUT2D eigenvalue weighted by Gasteiger charge is -2.16. The molecular weight excluding hydrogens is 522 g/mol. The number of carbonyl (C=O) groups excluding carboxylic acids is 4. The summed E-state index contributed by atoms with van der Waals surface area (Å²) in [5, 5.41) is 5.35. The van der Waals surface area contributed by atoms with Gasteiger partial charge in [-0.2, -0.15) is 0 Å². The fourth-order valence-electron chi connectivity index (χ4n) is 3.78. The van der Waals surface area contributed by atoms with Gasteiger partial charge in [-0.1, -0.05) is 30.7 Å². The summed E-state index contributed by atoms with van der Waals surface area (Å²) in [6.07, 6.45) is 0.660. The van der Waals surface area contributed by atoms with E-state index in [1.54, 1.807) is 48.5 Å². The van der Waals surface area contributed by atoms with E-state index in [9.17, 15) is 19.2 Å². The van der Waals surface area contributed by atoms with Crippen molar-refractivity contribution in [3.63, 3.8) is 0 Å². The van der Waals surface area contributed by atoms with E-state index >= 15 is 0 Å². The van der Waals surface area contributed by atoms with E-state index in [2.05, 4.69) is 10.6 Å². The van der Waals surface area contributed by atoms with Crippen LogP contribution in [0, 0.1) is 0 Å². The van der Waals surface area contributed by atoms with Crippen molar-refractivity contribution in [2.45, 2.75) is 20.3 Å². The normalized spacial score (nSPS) is 12.9. The van der Waals surface area contributed by atoms with Crippen LogP contribution in [0.5, 0.6) is 5.75 Å². The van der Waals surface area contributed by atoms with Crippen LogP contribution in [0.25, 0.3) is 0 Å². The summed E-state index contributed by atoms with van der Waals surface area (Å²) in [4.78, 5) is 52.1. The van der Waals surface area contributed by atoms with Gasteiger partial charge in [-0.25, -0.2) is 9.69 Å². The van der Waals surface area contributed by atoms with Crippen LogP contribution in [-0.2, 0) is 14.3 Å². The molecule has 3 aromatic rings. The first-order valence-electron chi connectivity index (χ1n) is 12.3. The van der Waals surface area contributed by atoms with Crippen molar-refractivity contribution in [1.29, 1.82) is 0 Å². The quantitative estimate of drug-likeness (QED) is 0.260. The van der Waals surface area contributed by atoms with Gasteiger partial charge in [0.15, 0.2) is 0 Å². The van der Waals surface area contributed by atoms with E-state index in [-0.39, 0.29) is 34.5 Å². The second kappa shape index (κ2) is 12.3. The van der Waals surface area contributed by atoms with Gasteiger partial charge in [0.2, 0.25) is 0 Å². The van der Waals surface area contributed by atoms with Gasteiger partial charge in [-0.15, -0.1) is 0 Å². The van der Waals surface area contributed by atoms with Crippen LogP contribution in [0.3, 0.4) is 0 Å². The number of amides is 3. The zero-order chi connectivity index (χ0) is 27.9. The number of nitrogens with zero attached hydrogens (tertiary/aromatic N) is 1. The number of anilines is 3. The SMILES string of the molecule is CCCOC(=O)c1cccc(N2C(=O)C(Cl)=C(Nc3cccc(C(=O)Nc4ccc(OCC)cc4)c3)C2=O)c1. The van der Waals surface area contributed by atoms with Crippen LogP contribution in [0.2, 0.25) is 0 Å². The molecule has 10 heteroatoms. The first-order valence-corrected chi connectivity index (χ1v) is 12.7. The number of nitrogens with one attached hydrogen (secondary N) is 2. The van der Waals surface area contributed by atoms with Crippen LogP contribution in [0.1, 0.15) is 41.0 Å². The van der Waals surface area contributed by atoms with Crippen molar-refractivity contribution in [3.05, 3.63) is 94.7 Å². The van der Waals surface area contributed by atoms with Gasteiger partial charge in [-0.05, 0) is 74.0 Å². The lowest BCUT2D eigenvalue weighted by atomic mass is 10.1. The van der Waals surface area contributed by atoms with Crippen LogP contribution >= 0.6 is 11.6 Å². The van der Waals surface area contributed by atoms with Gasteiger partial charge in [0.1, 0.15) is 16.5 Å².